The van der Waals surface area contributed by atoms with Gasteiger partial charge >= 0.3 is 0 Å². The quantitative estimate of drug-likeness (QED) is 0.694. The Kier molecular flexibility index (Phi) is 4.52. The molecule has 140 valence electrons. The molecule has 0 saturated carbocycles. The predicted molar refractivity (Wildman–Crippen MR) is 106 cm³/mol. The molecular weight excluding hydrogens is 340 g/mol. The van der Waals surface area contributed by atoms with Gasteiger partial charge in [0.2, 0.25) is 0 Å². The van der Waals surface area contributed by atoms with E-state index in [0.717, 1.165) is 28.8 Å². The lowest BCUT2D eigenvalue weighted by Gasteiger charge is -2.39. The summed E-state index contributed by atoms with van der Waals surface area (Å²) in [5.74, 6) is 1.75. The van der Waals surface area contributed by atoms with E-state index < -0.39 is 0 Å². The summed E-state index contributed by atoms with van der Waals surface area (Å²) < 4.78 is 13.3. The highest BCUT2D eigenvalue weighted by Gasteiger charge is 2.34. The Balaban J connectivity index is 1.46. The Morgan fingerprint density at radius 1 is 1.15 bits per heavy atom. The summed E-state index contributed by atoms with van der Waals surface area (Å²) in [4.78, 5) is 14.7. The van der Waals surface area contributed by atoms with Crippen molar-refractivity contribution in [2.75, 3.05) is 20.2 Å². The van der Waals surface area contributed by atoms with Gasteiger partial charge in [-0.1, -0.05) is 25.1 Å². The van der Waals surface area contributed by atoms with E-state index in [1.807, 2.05) is 59.0 Å². The fourth-order valence-corrected chi connectivity index (χ4v) is 3.57. The van der Waals surface area contributed by atoms with Crippen LogP contribution in [-0.4, -0.2) is 41.7 Å². The SMILES string of the molecule is CCc1ccccc1OC1CN(C(=O)c2cc3ccc(OC)cc3n2C)C1. The summed E-state index contributed by atoms with van der Waals surface area (Å²) in [6.07, 6.45) is 0.988. The number of carbonyl (C=O) groups is 1. The zero-order valence-electron chi connectivity index (χ0n) is 15.9. The first-order valence-electron chi connectivity index (χ1n) is 9.28. The molecule has 5 nitrogen and oxygen atoms in total. The Morgan fingerprint density at radius 2 is 1.93 bits per heavy atom. The number of nitrogens with zero attached hydrogens (tertiary/aromatic N) is 2. The third-order valence-corrected chi connectivity index (χ3v) is 5.25. The standard InChI is InChI=1S/C22H24N2O3/c1-4-15-7-5-6-8-21(15)27-18-13-24(14-18)22(25)20-11-16-9-10-17(26-3)12-19(16)23(20)2/h5-12,18H,4,13-14H2,1-3H3. The van der Waals surface area contributed by atoms with Crippen LogP contribution in [0.25, 0.3) is 10.9 Å². The molecule has 1 saturated heterocycles. The number of amides is 1. The van der Waals surface area contributed by atoms with Crippen molar-refractivity contribution in [3.8, 4) is 11.5 Å². The number of rotatable bonds is 5. The van der Waals surface area contributed by atoms with Crippen LogP contribution in [0.3, 0.4) is 0 Å². The average Bonchev–Trinajstić information content (AvgIpc) is 3.00. The van der Waals surface area contributed by atoms with Gasteiger partial charge in [0, 0.05) is 18.5 Å². The minimum atomic E-state index is 0.0382. The largest absolute Gasteiger partial charge is 0.497 e. The lowest BCUT2D eigenvalue weighted by Crippen LogP contribution is -2.56. The van der Waals surface area contributed by atoms with E-state index in [2.05, 4.69) is 13.0 Å². The zero-order valence-corrected chi connectivity index (χ0v) is 15.9. The average molecular weight is 364 g/mol. The van der Waals surface area contributed by atoms with Crippen molar-refractivity contribution in [2.24, 2.45) is 7.05 Å². The van der Waals surface area contributed by atoms with Gasteiger partial charge in [0.15, 0.2) is 0 Å². The molecule has 1 aliphatic rings. The minimum Gasteiger partial charge on any atom is -0.497 e. The highest BCUT2D eigenvalue weighted by Crippen LogP contribution is 2.27. The zero-order chi connectivity index (χ0) is 19.0. The second-order valence-electron chi connectivity index (χ2n) is 6.92. The number of hydrogen-bond acceptors (Lipinski definition) is 3. The number of benzene rings is 2. The summed E-state index contributed by atoms with van der Waals surface area (Å²) in [5.41, 5.74) is 2.87. The number of likely N-dealkylation sites (tertiary alicyclic amines) is 1. The van der Waals surface area contributed by atoms with Gasteiger partial charge in [-0.05, 0) is 36.2 Å². The van der Waals surface area contributed by atoms with Crippen LogP contribution in [0.15, 0.2) is 48.5 Å². The van der Waals surface area contributed by atoms with E-state index in [9.17, 15) is 4.79 Å². The first-order valence-corrected chi connectivity index (χ1v) is 9.28. The molecule has 5 heteroatoms. The van der Waals surface area contributed by atoms with Gasteiger partial charge in [-0.25, -0.2) is 0 Å². The van der Waals surface area contributed by atoms with Crippen LogP contribution < -0.4 is 9.47 Å². The molecule has 3 aromatic rings. The van der Waals surface area contributed by atoms with E-state index in [1.54, 1.807) is 7.11 Å². The summed E-state index contributed by atoms with van der Waals surface area (Å²) in [7, 11) is 3.56. The van der Waals surface area contributed by atoms with Crippen molar-refractivity contribution in [1.29, 1.82) is 0 Å². The first-order chi connectivity index (χ1) is 13.1. The lowest BCUT2D eigenvalue weighted by atomic mass is 10.1. The molecule has 0 radical (unpaired) electrons. The molecule has 0 aliphatic carbocycles. The third-order valence-electron chi connectivity index (χ3n) is 5.25. The summed E-state index contributed by atoms with van der Waals surface area (Å²) >= 11 is 0. The molecule has 1 aliphatic heterocycles. The van der Waals surface area contributed by atoms with E-state index in [4.69, 9.17) is 9.47 Å². The number of aromatic nitrogens is 1. The number of fused-ring (bicyclic) bond motifs is 1. The molecule has 0 bridgehead atoms. The normalized spacial score (nSPS) is 14.3. The van der Waals surface area contributed by atoms with Crippen LogP contribution in [0.1, 0.15) is 23.0 Å². The topological polar surface area (TPSA) is 43.7 Å². The summed E-state index contributed by atoms with van der Waals surface area (Å²) in [6.45, 7) is 3.34. The third kappa shape index (κ3) is 3.14. The summed E-state index contributed by atoms with van der Waals surface area (Å²) in [5, 5.41) is 1.03. The molecule has 0 unspecified atom stereocenters. The lowest BCUT2D eigenvalue weighted by molar-refractivity contribution is 0.0168. The molecule has 0 atom stereocenters. The van der Waals surface area contributed by atoms with E-state index >= 15 is 0 Å². The smallest absolute Gasteiger partial charge is 0.270 e. The van der Waals surface area contributed by atoms with E-state index in [-0.39, 0.29) is 12.0 Å². The molecule has 1 aromatic heterocycles. The molecule has 2 aromatic carbocycles. The van der Waals surface area contributed by atoms with Gasteiger partial charge in [-0.2, -0.15) is 0 Å². The molecule has 0 N–H and O–H groups in total. The highest BCUT2D eigenvalue weighted by molar-refractivity contribution is 5.99. The number of methoxy groups -OCH3 is 1. The number of hydrogen-bond donors (Lipinski definition) is 0. The van der Waals surface area contributed by atoms with Crippen LogP contribution in [0.2, 0.25) is 0 Å². The summed E-state index contributed by atoms with van der Waals surface area (Å²) in [6, 6.07) is 15.9. The van der Waals surface area contributed by atoms with Gasteiger partial charge in [0.25, 0.3) is 5.91 Å². The number of ether oxygens (including phenoxy) is 2. The predicted octanol–water partition coefficient (Wildman–Crippen LogP) is 3.65. The van der Waals surface area contributed by atoms with Crippen LogP contribution in [0.4, 0.5) is 0 Å². The molecule has 1 amide bonds. The maximum absolute atomic E-state index is 12.9. The fraction of sp³-hybridized carbons (Fsp3) is 0.318. The van der Waals surface area contributed by atoms with Crippen LogP contribution in [0.5, 0.6) is 11.5 Å². The Labute approximate surface area is 159 Å². The molecule has 4 rings (SSSR count). The van der Waals surface area contributed by atoms with E-state index in [0.29, 0.717) is 18.8 Å². The van der Waals surface area contributed by atoms with Gasteiger partial charge in [-0.15, -0.1) is 0 Å². The Morgan fingerprint density at radius 3 is 2.67 bits per heavy atom. The van der Waals surface area contributed by atoms with Crippen molar-refractivity contribution >= 4 is 16.8 Å². The number of carbonyl (C=O) groups excluding carboxylic acids is 1. The fourth-order valence-electron chi connectivity index (χ4n) is 3.57. The Hall–Kier alpha value is -2.95. The van der Waals surface area contributed by atoms with Crippen LogP contribution in [0, 0.1) is 0 Å². The van der Waals surface area contributed by atoms with E-state index in [1.165, 1.54) is 5.56 Å². The van der Waals surface area contributed by atoms with Crippen LogP contribution >= 0.6 is 0 Å². The number of aryl methyl sites for hydroxylation is 2. The second kappa shape index (κ2) is 6.99. The molecule has 1 fully saturated rings. The van der Waals surface area contributed by atoms with Crippen LogP contribution in [-0.2, 0) is 13.5 Å². The van der Waals surface area contributed by atoms with Gasteiger partial charge in [-0.3, -0.25) is 4.79 Å². The Bertz CT molecular complexity index is 986. The second-order valence-corrected chi connectivity index (χ2v) is 6.92. The molecule has 27 heavy (non-hydrogen) atoms. The minimum absolute atomic E-state index is 0.0382. The number of para-hydroxylation sites is 1. The molecule has 2 heterocycles. The molecular formula is C22H24N2O3. The molecule has 0 spiro atoms. The monoisotopic (exact) mass is 364 g/mol. The van der Waals surface area contributed by atoms with Crippen molar-refractivity contribution < 1.29 is 14.3 Å². The van der Waals surface area contributed by atoms with Crippen molar-refractivity contribution in [3.05, 3.63) is 59.8 Å². The van der Waals surface area contributed by atoms with Crippen molar-refractivity contribution in [2.45, 2.75) is 19.4 Å². The van der Waals surface area contributed by atoms with Gasteiger partial charge < -0.3 is 18.9 Å². The highest BCUT2D eigenvalue weighted by atomic mass is 16.5. The maximum atomic E-state index is 12.9. The maximum Gasteiger partial charge on any atom is 0.270 e. The van der Waals surface area contributed by atoms with Gasteiger partial charge in [0.05, 0.1) is 25.7 Å². The first kappa shape index (κ1) is 17.5. The van der Waals surface area contributed by atoms with Gasteiger partial charge in [0.1, 0.15) is 23.3 Å². The van der Waals surface area contributed by atoms with Crippen molar-refractivity contribution in [3.63, 3.8) is 0 Å². The van der Waals surface area contributed by atoms with Crippen molar-refractivity contribution in [1.82, 2.24) is 9.47 Å².